The van der Waals surface area contributed by atoms with Crippen molar-refractivity contribution in [3.63, 3.8) is 0 Å². The number of anilines is 3. The van der Waals surface area contributed by atoms with E-state index in [1.807, 2.05) is 147 Å². The minimum Gasteiger partial charge on any atom is -0.307 e. The second-order valence-electron chi connectivity index (χ2n) is 29.7. The molecule has 0 saturated carbocycles. The average molecular weight is 1480 g/mol. The summed E-state index contributed by atoms with van der Waals surface area (Å²) in [5.74, 6) is -1.32. The van der Waals surface area contributed by atoms with Gasteiger partial charge in [-0.15, -0.1) is 0 Å². The van der Waals surface area contributed by atoms with Gasteiger partial charge in [-0.2, -0.15) is 0 Å². The highest BCUT2D eigenvalue weighted by atomic mass is 35.5. The zero-order valence-electron chi connectivity index (χ0n) is 61.2. The first-order valence-electron chi connectivity index (χ1n) is 36.6. The number of halogens is 6. The molecule has 12 nitrogen and oxygen atoms in total. The zero-order valence-corrected chi connectivity index (χ0v) is 63.5. The minimum atomic E-state index is -0.579. The smallest absolute Gasteiger partial charge is 0.258 e. The van der Waals surface area contributed by atoms with Crippen molar-refractivity contribution >= 4 is 87.8 Å². The van der Waals surface area contributed by atoms with E-state index in [2.05, 4.69) is 91.2 Å². The van der Waals surface area contributed by atoms with Crippen LogP contribution in [-0.2, 0) is 16.2 Å². The molecule has 9 heterocycles. The molecular formula is C88H89Cl3F3N9O3. The lowest BCUT2D eigenvalue weighted by Gasteiger charge is -2.39. The molecule has 6 aromatic carbocycles. The third kappa shape index (κ3) is 17.0. The van der Waals surface area contributed by atoms with Crippen LogP contribution in [0.4, 0.5) is 30.2 Å². The average Bonchev–Trinajstić information content (AvgIpc) is 1.57. The molecule has 9 aromatic rings. The molecule has 0 atom stereocenters. The molecule has 3 spiro atoms. The second-order valence-corrected chi connectivity index (χ2v) is 31.0. The highest BCUT2D eigenvalue weighted by Gasteiger charge is 2.50. The van der Waals surface area contributed by atoms with Gasteiger partial charge in [0, 0.05) is 150 Å². The Morgan fingerprint density at radius 2 is 0.679 bits per heavy atom. The fourth-order valence-electron chi connectivity index (χ4n) is 16.5. The van der Waals surface area contributed by atoms with E-state index in [-0.39, 0.29) is 39.8 Å². The van der Waals surface area contributed by atoms with Crippen LogP contribution in [0.1, 0.15) is 143 Å². The lowest BCUT2D eigenvalue weighted by Crippen LogP contribution is -2.46. The van der Waals surface area contributed by atoms with Gasteiger partial charge in [-0.05, 0) is 269 Å². The van der Waals surface area contributed by atoms with Crippen LogP contribution < -0.4 is 14.7 Å². The first-order chi connectivity index (χ1) is 50.9. The van der Waals surface area contributed by atoms with Crippen LogP contribution in [0.2, 0.25) is 15.1 Å². The Kier molecular flexibility index (Phi) is 22.8. The summed E-state index contributed by atoms with van der Waals surface area (Å²) >= 11 is 19.3. The van der Waals surface area contributed by atoms with Crippen LogP contribution in [-0.4, -0.2) is 126 Å². The topological polar surface area (TPSA) is 109 Å². The number of benzene rings is 6. The molecule has 18 heteroatoms. The monoisotopic (exact) mass is 1480 g/mol. The molecule has 6 aliphatic heterocycles. The first-order valence-corrected chi connectivity index (χ1v) is 37.7. The molecule has 0 bridgehead atoms. The van der Waals surface area contributed by atoms with Gasteiger partial charge in [-0.25, -0.2) is 13.2 Å². The standard InChI is InChI=1S/C30H32ClN3O.C29H28ClF2N3O.C29H29ClFN3O/c1-21-6-8-24(9-7-21)5-4-14-33-15-12-30(13-16-33)20-34(28-11-10-26(31)19-27(28)30)29(35)25-17-22(2)32-23(3)18-25;1-19-14-22(15-20(2)33-19)28(36)35-18-29(25-16-23(30)6-8-27(25)35)9-12-34(13-10-29)11-3-4-21-5-7-24(31)17-26(21)32;1-20-16-23(17-21(2)32-20)28(35)34-19-29(26-18-24(30)7-10-27(26)34)11-14-33(15-12-29)13-3-4-22-5-8-25(31)9-6-22/h4-11,17-19H,12-16,20H2,1-3H3;3-8,14-17H,9-13,18H2,1-2H3;3-10,16-18H,11-15,19H2,1-2H3/b5-4+;2*4-3+. The van der Waals surface area contributed by atoms with Crippen molar-refractivity contribution in [2.45, 2.75) is 103 Å². The van der Waals surface area contributed by atoms with Crippen molar-refractivity contribution in [3.05, 3.63) is 298 Å². The van der Waals surface area contributed by atoms with Crippen molar-refractivity contribution < 1.29 is 27.6 Å². The number of amides is 3. The Morgan fingerprint density at radius 1 is 0.377 bits per heavy atom. The quantitative estimate of drug-likeness (QED) is 0.118. The van der Waals surface area contributed by atoms with Crippen LogP contribution in [0.3, 0.4) is 0 Å². The van der Waals surface area contributed by atoms with E-state index in [0.717, 1.165) is 164 Å². The highest BCUT2D eigenvalue weighted by Crippen LogP contribution is 2.52. The molecule has 3 fully saturated rings. The number of fused-ring (bicyclic) bond motifs is 6. The molecule has 546 valence electrons. The van der Waals surface area contributed by atoms with Gasteiger partial charge in [0.05, 0.1) is 0 Å². The number of aromatic nitrogens is 3. The van der Waals surface area contributed by atoms with Crippen molar-refractivity contribution in [1.29, 1.82) is 0 Å². The molecule has 0 N–H and O–H groups in total. The van der Waals surface area contributed by atoms with Crippen LogP contribution in [0.5, 0.6) is 0 Å². The maximum Gasteiger partial charge on any atom is 0.258 e. The number of nitrogens with zero attached hydrogens (tertiary/aromatic N) is 9. The Labute approximate surface area is 635 Å². The van der Waals surface area contributed by atoms with Crippen LogP contribution in [0.25, 0.3) is 18.2 Å². The lowest BCUT2D eigenvalue weighted by atomic mass is 9.74. The first kappa shape index (κ1) is 75.2. The Morgan fingerprint density at radius 3 is 1.00 bits per heavy atom. The fraction of sp³-hybridized carbons (Fsp3) is 0.318. The number of hydrogen-bond acceptors (Lipinski definition) is 9. The fourth-order valence-corrected chi connectivity index (χ4v) is 17.0. The molecule has 15 rings (SSSR count). The van der Waals surface area contributed by atoms with Crippen molar-refractivity contribution in [3.8, 4) is 0 Å². The number of hydrogen-bond donors (Lipinski definition) is 0. The van der Waals surface area contributed by atoms with Crippen molar-refractivity contribution in [2.24, 2.45) is 0 Å². The van der Waals surface area contributed by atoms with Gasteiger partial charge in [0.2, 0.25) is 0 Å². The number of likely N-dealkylation sites (tertiary alicyclic amines) is 3. The number of piperidine rings is 3. The van der Waals surface area contributed by atoms with Gasteiger partial charge >= 0.3 is 0 Å². The van der Waals surface area contributed by atoms with Gasteiger partial charge in [-0.3, -0.25) is 44.0 Å². The van der Waals surface area contributed by atoms with E-state index in [4.69, 9.17) is 34.8 Å². The number of aryl methyl sites for hydroxylation is 7. The van der Waals surface area contributed by atoms with Crippen LogP contribution in [0, 0.1) is 65.9 Å². The van der Waals surface area contributed by atoms with E-state index in [0.29, 0.717) is 58.5 Å². The van der Waals surface area contributed by atoms with Crippen LogP contribution >= 0.6 is 34.8 Å². The Hall–Kier alpha value is -9.06. The lowest BCUT2D eigenvalue weighted by molar-refractivity contribution is 0.0970. The normalized spacial score (nSPS) is 17.3. The van der Waals surface area contributed by atoms with Gasteiger partial charge in [0.1, 0.15) is 17.5 Å². The van der Waals surface area contributed by atoms with E-state index in [1.165, 1.54) is 46.5 Å². The SMILES string of the molecule is Cc1cc(C(=O)N2CC3(CCN(C/C=C/c4ccc(F)cc4)CC3)c3cc(Cl)ccc32)cc(C)n1.Cc1cc(C(=O)N2CC3(CCN(C/C=C/c4ccc(F)cc4F)CC3)c3cc(Cl)ccc32)cc(C)n1.Cc1ccc(/C=C/CN2CCC3(CC2)CN(C(=O)c2cc(C)nc(C)c2)c2ccc(Cl)cc23)cc1. The molecule has 3 saturated heterocycles. The molecular weight excluding hydrogens is 1390 g/mol. The summed E-state index contributed by atoms with van der Waals surface area (Å²) in [4.78, 5) is 67.1. The molecule has 0 aliphatic carbocycles. The maximum absolute atomic E-state index is 13.9. The number of carbonyl (C=O) groups excluding carboxylic acids is 3. The van der Waals surface area contributed by atoms with Crippen molar-refractivity contribution in [2.75, 3.05) is 93.2 Å². The van der Waals surface area contributed by atoms with E-state index < -0.39 is 11.6 Å². The van der Waals surface area contributed by atoms with Gasteiger partial charge in [0.25, 0.3) is 17.7 Å². The van der Waals surface area contributed by atoms with Gasteiger partial charge < -0.3 is 14.7 Å². The summed E-state index contributed by atoms with van der Waals surface area (Å²) < 4.78 is 40.2. The predicted molar refractivity (Wildman–Crippen MR) is 424 cm³/mol. The largest absolute Gasteiger partial charge is 0.307 e. The third-order valence-corrected chi connectivity index (χ3v) is 22.6. The summed E-state index contributed by atoms with van der Waals surface area (Å²) in [5.41, 5.74) is 17.1. The van der Waals surface area contributed by atoms with Crippen molar-refractivity contribution in [1.82, 2.24) is 29.7 Å². The third-order valence-electron chi connectivity index (χ3n) is 21.9. The maximum atomic E-state index is 13.9. The molecule has 6 aliphatic rings. The number of rotatable bonds is 12. The number of carbonyl (C=O) groups is 3. The van der Waals surface area contributed by atoms with E-state index in [9.17, 15) is 27.6 Å². The molecule has 106 heavy (non-hydrogen) atoms. The minimum absolute atomic E-state index is 0.0173. The van der Waals surface area contributed by atoms with Crippen LogP contribution in [0.15, 0.2) is 176 Å². The Balaban J connectivity index is 0.000000141. The molecule has 3 amide bonds. The highest BCUT2D eigenvalue weighted by molar-refractivity contribution is 6.31. The summed E-state index contributed by atoms with van der Waals surface area (Å²) in [6.45, 7) is 23.6. The zero-order chi connectivity index (χ0) is 74.6. The summed E-state index contributed by atoms with van der Waals surface area (Å²) in [5, 5.41) is 2.11. The van der Waals surface area contributed by atoms with E-state index in [1.54, 1.807) is 18.2 Å². The summed E-state index contributed by atoms with van der Waals surface area (Å²) in [6, 6.07) is 47.7. The molecule has 0 radical (unpaired) electrons. The van der Waals surface area contributed by atoms with Gasteiger partial charge in [-0.1, -0.05) is 113 Å². The second kappa shape index (κ2) is 32.2. The van der Waals surface area contributed by atoms with Gasteiger partial charge in [0.15, 0.2) is 0 Å². The summed E-state index contributed by atoms with van der Waals surface area (Å²) in [7, 11) is 0. The number of pyridine rings is 3. The molecule has 0 unspecified atom stereocenters. The predicted octanol–water partition coefficient (Wildman–Crippen LogP) is 18.9. The summed E-state index contributed by atoms with van der Waals surface area (Å²) in [6.07, 6.45) is 18.0. The Bertz CT molecular complexity index is 4600. The van der Waals surface area contributed by atoms with E-state index >= 15 is 0 Å². The molecule has 3 aromatic heterocycles.